The van der Waals surface area contributed by atoms with Crippen LogP contribution in [0.3, 0.4) is 0 Å². The number of carbonyl (C=O) groups is 1. The van der Waals surface area contributed by atoms with Gasteiger partial charge in [0.05, 0.1) is 13.7 Å². The predicted octanol–water partition coefficient (Wildman–Crippen LogP) is 1.16. The van der Waals surface area contributed by atoms with Gasteiger partial charge in [-0.15, -0.1) is 0 Å². The molecular weight excluding hydrogens is 232 g/mol. The number of carbonyl (C=O) groups excluding carboxylic acids is 1. The van der Waals surface area contributed by atoms with Crippen molar-refractivity contribution in [3.63, 3.8) is 0 Å². The van der Waals surface area contributed by atoms with E-state index in [0.29, 0.717) is 11.7 Å². The molecule has 1 aliphatic heterocycles. The zero-order valence-electron chi connectivity index (χ0n) is 10.9. The minimum absolute atomic E-state index is 0.307. The number of nitrogens with zero attached hydrogens (tertiary/aromatic N) is 1. The second-order valence-corrected chi connectivity index (χ2v) is 4.84. The van der Waals surface area contributed by atoms with Crippen molar-refractivity contribution in [2.75, 3.05) is 26.7 Å². The first kappa shape index (κ1) is 13.1. The van der Waals surface area contributed by atoms with Gasteiger partial charge in [0, 0.05) is 12.1 Å². The highest BCUT2D eigenvalue weighted by Gasteiger charge is 2.23. The first-order valence-electron chi connectivity index (χ1n) is 6.24. The molecule has 0 aromatic carbocycles. The van der Waals surface area contributed by atoms with Crippen molar-refractivity contribution in [2.45, 2.75) is 19.9 Å². The number of rotatable bonds is 4. The van der Waals surface area contributed by atoms with Gasteiger partial charge in [0.2, 0.25) is 5.76 Å². The molecule has 5 nitrogen and oxygen atoms in total. The molecule has 1 aliphatic rings. The maximum Gasteiger partial charge on any atom is 0.374 e. The largest absolute Gasteiger partial charge is 0.463 e. The molecule has 2 rings (SSSR count). The summed E-state index contributed by atoms with van der Waals surface area (Å²) in [6.07, 6.45) is 1.14. The van der Waals surface area contributed by atoms with Crippen molar-refractivity contribution in [3.8, 4) is 0 Å². The molecule has 1 atom stereocenters. The number of likely N-dealkylation sites (tertiary alicyclic amines) is 1. The summed E-state index contributed by atoms with van der Waals surface area (Å²) in [5.41, 5.74) is 6.49. The lowest BCUT2D eigenvalue weighted by Gasteiger charge is -2.13. The minimum Gasteiger partial charge on any atom is -0.463 e. The first-order valence-corrected chi connectivity index (χ1v) is 6.24. The highest BCUT2D eigenvalue weighted by molar-refractivity contribution is 5.87. The smallest absolute Gasteiger partial charge is 0.374 e. The van der Waals surface area contributed by atoms with Crippen molar-refractivity contribution in [1.29, 1.82) is 0 Å². The maximum atomic E-state index is 11.4. The monoisotopic (exact) mass is 252 g/mol. The average Bonchev–Trinajstić information content (AvgIpc) is 2.95. The molecule has 0 amide bonds. The quantitative estimate of drug-likeness (QED) is 0.814. The van der Waals surface area contributed by atoms with Gasteiger partial charge in [0.1, 0.15) is 5.76 Å². The lowest BCUT2D eigenvalue weighted by Crippen LogP contribution is -2.22. The third-order valence-corrected chi connectivity index (χ3v) is 3.42. The van der Waals surface area contributed by atoms with Gasteiger partial charge in [-0.3, -0.25) is 4.90 Å². The Bertz CT molecular complexity index is 428. The zero-order valence-corrected chi connectivity index (χ0v) is 10.9. The van der Waals surface area contributed by atoms with Crippen LogP contribution in [0.15, 0.2) is 10.5 Å². The molecule has 5 heteroatoms. The number of nitrogens with two attached hydrogens (primary N) is 1. The summed E-state index contributed by atoms with van der Waals surface area (Å²) >= 11 is 0. The molecular formula is C13H20N2O3. The molecule has 1 fully saturated rings. The van der Waals surface area contributed by atoms with E-state index in [2.05, 4.69) is 9.64 Å². The van der Waals surface area contributed by atoms with E-state index in [1.165, 1.54) is 7.11 Å². The first-order chi connectivity index (χ1) is 8.63. The summed E-state index contributed by atoms with van der Waals surface area (Å²) in [5.74, 6) is 1.29. The van der Waals surface area contributed by atoms with Crippen molar-refractivity contribution in [3.05, 3.63) is 23.2 Å². The Balaban J connectivity index is 2.00. The lowest BCUT2D eigenvalue weighted by molar-refractivity contribution is 0.0560. The SMILES string of the molecule is COC(=O)c1oc(CN2CCC(CN)C2)cc1C. The summed E-state index contributed by atoms with van der Waals surface area (Å²) in [5, 5.41) is 0. The Morgan fingerprint density at radius 3 is 3.06 bits per heavy atom. The fraction of sp³-hybridized carbons (Fsp3) is 0.615. The molecule has 0 aliphatic carbocycles. The Morgan fingerprint density at radius 2 is 2.44 bits per heavy atom. The van der Waals surface area contributed by atoms with Crippen LogP contribution in [0.4, 0.5) is 0 Å². The molecule has 1 saturated heterocycles. The summed E-state index contributed by atoms with van der Waals surface area (Å²) in [6.45, 7) is 5.36. The lowest BCUT2D eigenvalue weighted by atomic mass is 10.1. The fourth-order valence-electron chi connectivity index (χ4n) is 2.39. The predicted molar refractivity (Wildman–Crippen MR) is 67.2 cm³/mol. The third-order valence-electron chi connectivity index (χ3n) is 3.42. The Hall–Kier alpha value is -1.33. The summed E-state index contributed by atoms with van der Waals surface area (Å²) in [7, 11) is 1.36. The second kappa shape index (κ2) is 5.54. The summed E-state index contributed by atoms with van der Waals surface area (Å²) in [4.78, 5) is 13.7. The standard InChI is InChI=1S/C13H20N2O3/c1-9-5-11(18-12(9)13(16)17-2)8-15-4-3-10(6-14)7-15/h5,10H,3-4,6-8,14H2,1-2H3. The Kier molecular flexibility index (Phi) is 4.04. The highest BCUT2D eigenvalue weighted by atomic mass is 16.5. The molecule has 100 valence electrons. The topological polar surface area (TPSA) is 68.7 Å². The van der Waals surface area contributed by atoms with E-state index in [4.69, 9.17) is 10.2 Å². The summed E-state index contributed by atoms with van der Waals surface area (Å²) in [6, 6.07) is 1.90. The number of aryl methyl sites for hydroxylation is 1. The second-order valence-electron chi connectivity index (χ2n) is 4.84. The van der Waals surface area contributed by atoms with Crippen LogP contribution in [0, 0.1) is 12.8 Å². The van der Waals surface area contributed by atoms with E-state index in [9.17, 15) is 4.79 Å². The molecule has 0 radical (unpaired) electrons. The van der Waals surface area contributed by atoms with Crippen molar-refractivity contribution in [1.82, 2.24) is 4.90 Å². The van der Waals surface area contributed by atoms with Crippen LogP contribution in [-0.4, -0.2) is 37.6 Å². The van der Waals surface area contributed by atoms with Crippen LogP contribution in [0.1, 0.15) is 28.3 Å². The zero-order chi connectivity index (χ0) is 13.1. The number of esters is 1. The van der Waals surface area contributed by atoms with Crippen LogP contribution < -0.4 is 5.73 Å². The van der Waals surface area contributed by atoms with E-state index in [1.54, 1.807) is 0 Å². The van der Waals surface area contributed by atoms with Crippen LogP contribution in [0.25, 0.3) is 0 Å². The molecule has 0 saturated carbocycles. The van der Waals surface area contributed by atoms with Gasteiger partial charge in [-0.1, -0.05) is 0 Å². The van der Waals surface area contributed by atoms with Gasteiger partial charge in [-0.25, -0.2) is 4.79 Å². The Morgan fingerprint density at radius 1 is 1.67 bits per heavy atom. The average molecular weight is 252 g/mol. The molecule has 1 unspecified atom stereocenters. The maximum absolute atomic E-state index is 11.4. The normalized spacial score (nSPS) is 20.3. The fourth-order valence-corrected chi connectivity index (χ4v) is 2.39. The third kappa shape index (κ3) is 2.73. The van der Waals surface area contributed by atoms with Gasteiger partial charge in [-0.2, -0.15) is 0 Å². The number of ether oxygens (including phenoxy) is 1. The molecule has 0 bridgehead atoms. The number of hydrogen-bond donors (Lipinski definition) is 1. The van der Waals surface area contributed by atoms with Crippen LogP contribution in [0.2, 0.25) is 0 Å². The molecule has 2 heterocycles. The molecule has 18 heavy (non-hydrogen) atoms. The highest BCUT2D eigenvalue weighted by Crippen LogP contribution is 2.21. The van der Waals surface area contributed by atoms with Crippen LogP contribution >= 0.6 is 0 Å². The Labute approximate surface area is 107 Å². The van der Waals surface area contributed by atoms with Gasteiger partial charge in [0.15, 0.2) is 0 Å². The molecule has 1 aromatic heterocycles. The van der Waals surface area contributed by atoms with Crippen molar-refractivity contribution >= 4 is 5.97 Å². The van der Waals surface area contributed by atoms with Crippen molar-refractivity contribution < 1.29 is 13.9 Å². The van der Waals surface area contributed by atoms with Gasteiger partial charge in [-0.05, 0) is 38.4 Å². The molecule has 2 N–H and O–H groups in total. The van der Waals surface area contributed by atoms with Gasteiger partial charge >= 0.3 is 5.97 Å². The van der Waals surface area contributed by atoms with Gasteiger partial charge < -0.3 is 14.9 Å². The minimum atomic E-state index is -0.417. The molecule has 0 spiro atoms. The number of furan rings is 1. The van der Waals surface area contributed by atoms with E-state index < -0.39 is 5.97 Å². The van der Waals surface area contributed by atoms with Gasteiger partial charge in [0.25, 0.3) is 0 Å². The van der Waals surface area contributed by atoms with Crippen LogP contribution in [-0.2, 0) is 11.3 Å². The number of hydrogen-bond acceptors (Lipinski definition) is 5. The summed E-state index contributed by atoms with van der Waals surface area (Å²) < 4.78 is 10.2. The number of methoxy groups -OCH3 is 1. The van der Waals surface area contributed by atoms with E-state index in [1.807, 2.05) is 13.0 Å². The van der Waals surface area contributed by atoms with E-state index >= 15 is 0 Å². The van der Waals surface area contributed by atoms with Crippen LogP contribution in [0.5, 0.6) is 0 Å². The van der Waals surface area contributed by atoms with E-state index in [-0.39, 0.29) is 0 Å². The van der Waals surface area contributed by atoms with E-state index in [0.717, 1.165) is 43.9 Å². The molecule has 1 aromatic rings. The van der Waals surface area contributed by atoms with Crippen molar-refractivity contribution in [2.24, 2.45) is 11.7 Å².